The summed E-state index contributed by atoms with van der Waals surface area (Å²) >= 11 is 0. The Hall–Kier alpha value is -2.84. The highest BCUT2D eigenvalue weighted by Gasteiger charge is 2.44. The number of nitrogens with zero attached hydrogens (tertiary/aromatic N) is 1. The van der Waals surface area contributed by atoms with Gasteiger partial charge in [-0.1, -0.05) is 52.7 Å². The highest BCUT2D eigenvalue weighted by atomic mass is 19.4. The number of H-pyrrole nitrogens is 1. The molecule has 224 valence electrons. The summed E-state index contributed by atoms with van der Waals surface area (Å²) in [5, 5.41) is 0. The van der Waals surface area contributed by atoms with Gasteiger partial charge < -0.3 is 16.5 Å². The molecule has 2 aliphatic rings. The molecule has 4 rings (SSSR count). The fourth-order valence-electron chi connectivity index (χ4n) is 6.21. The van der Waals surface area contributed by atoms with Crippen LogP contribution in [0, 0.1) is 23.2 Å². The summed E-state index contributed by atoms with van der Waals surface area (Å²) in [4.78, 5) is 29.4. The third-order valence-electron chi connectivity index (χ3n) is 7.95. The van der Waals surface area contributed by atoms with Crippen molar-refractivity contribution in [2.45, 2.75) is 105 Å². The zero-order valence-corrected chi connectivity index (χ0v) is 24.4. The molecule has 5 N–H and O–H groups in total. The van der Waals surface area contributed by atoms with Crippen molar-refractivity contribution >= 4 is 11.8 Å². The second kappa shape index (κ2) is 15.2. The van der Waals surface area contributed by atoms with Crippen LogP contribution >= 0.6 is 0 Å². The van der Waals surface area contributed by atoms with Gasteiger partial charge in [-0.05, 0) is 80.4 Å². The number of alkyl halides is 3. The molecular weight excluding hydrogens is 517 g/mol. The molecule has 2 amide bonds. The average Bonchev–Trinajstić information content (AvgIpc) is 3.35. The van der Waals surface area contributed by atoms with Crippen LogP contribution in [0.1, 0.15) is 103 Å². The third kappa shape index (κ3) is 10.3. The lowest BCUT2D eigenvalue weighted by molar-refractivity contribution is -0.137. The first-order valence-corrected chi connectivity index (χ1v) is 14.7. The lowest BCUT2D eigenvalue weighted by atomic mass is 9.59. The zero-order chi connectivity index (χ0) is 29.9. The lowest BCUT2D eigenvalue weighted by Crippen LogP contribution is -2.43. The van der Waals surface area contributed by atoms with Gasteiger partial charge in [0, 0.05) is 18.3 Å². The van der Waals surface area contributed by atoms with E-state index in [0.29, 0.717) is 17.7 Å². The SMILES string of the molecule is CC.CC1CC2CC(C1)CC(C)(C(N)=O)C2.NC(=O)CCCCCCc1ncc(-c2ccc(C(F)(F)F)cc2)[nH]1. The number of benzene rings is 1. The van der Waals surface area contributed by atoms with Gasteiger partial charge in [0.1, 0.15) is 5.82 Å². The quantitative estimate of drug-likeness (QED) is 0.275. The van der Waals surface area contributed by atoms with E-state index in [2.05, 4.69) is 23.8 Å². The molecule has 2 bridgehead atoms. The maximum absolute atomic E-state index is 12.6. The van der Waals surface area contributed by atoms with Gasteiger partial charge in [-0.25, -0.2) is 4.98 Å². The average molecular weight is 565 g/mol. The molecule has 0 aliphatic heterocycles. The number of carbonyl (C=O) groups excluding carboxylic acids is 2. The van der Waals surface area contributed by atoms with Gasteiger partial charge >= 0.3 is 6.18 Å². The Kier molecular flexibility index (Phi) is 12.7. The topological polar surface area (TPSA) is 115 Å². The number of aromatic amines is 1. The minimum atomic E-state index is -4.33. The Bertz CT molecular complexity index is 1050. The molecule has 6 nitrogen and oxygen atoms in total. The second-order valence-electron chi connectivity index (χ2n) is 11.6. The normalized spacial score (nSPS) is 23.7. The molecule has 2 saturated carbocycles. The molecule has 2 unspecified atom stereocenters. The number of hydrogen-bond donors (Lipinski definition) is 3. The van der Waals surface area contributed by atoms with Crippen molar-refractivity contribution in [3.63, 3.8) is 0 Å². The first kappa shape index (κ1) is 33.4. The first-order chi connectivity index (χ1) is 18.9. The molecule has 2 aliphatic carbocycles. The van der Waals surface area contributed by atoms with Gasteiger partial charge in [0.15, 0.2) is 0 Å². The molecule has 2 fully saturated rings. The van der Waals surface area contributed by atoms with Gasteiger partial charge in [-0.15, -0.1) is 0 Å². The van der Waals surface area contributed by atoms with Crippen LogP contribution in [-0.2, 0) is 22.2 Å². The highest BCUT2D eigenvalue weighted by Crippen LogP contribution is 2.50. The standard InChI is InChI=1S/C17H20F3N3O.C12H21NO.C2H6/c18-17(19,20)13-9-7-12(8-10-13)14-11-22-16(23-14)6-4-2-1-3-5-15(21)24;1-8-3-9-5-10(4-8)7-12(2,6-9)11(13)14;1-2/h7-11H,1-6H2,(H2,21,24)(H,22,23);8-10H,3-7H2,1-2H3,(H2,13,14);1-2H3. The molecular formula is C31H47F3N4O2. The monoisotopic (exact) mass is 564 g/mol. The molecule has 9 heteroatoms. The largest absolute Gasteiger partial charge is 0.416 e. The number of fused-ring (bicyclic) bond motifs is 2. The summed E-state index contributed by atoms with van der Waals surface area (Å²) in [6.07, 6.45) is 8.13. The van der Waals surface area contributed by atoms with Crippen molar-refractivity contribution in [1.82, 2.24) is 9.97 Å². The van der Waals surface area contributed by atoms with E-state index in [1.807, 2.05) is 13.8 Å². The van der Waals surface area contributed by atoms with Gasteiger partial charge in [0.25, 0.3) is 0 Å². The molecule has 2 atom stereocenters. The third-order valence-corrected chi connectivity index (χ3v) is 7.95. The van der Waals surface area contributed by atoms with E-state index >= 15 is 0 Å². The molecule has 1 aromatic carbocycles. The van der Waals surface area contributed by atoms with E-state index in [9.17, 15) is 22.8 Å². The molecule has 0 saturated heterocycles. The van der Waals surface area contributed by atoms with Gasteiger partial charge in [-0.3, -0.25) is 9.59 Å². The van der Waals surface area contributed by atoms with E-state index in [1.54, 1.807) is 6.20 Å². The van der Waals surface area contributed by atoms with E-state index in [0.717, 1.165) is 80.7 Å². The van der Waals surface area contributed by atoms with Crippen molar-refractivity contribution in [2.75, 3.05) is 0 Å². The maximum Gasteiger partial charge on any atom is 0.416 e. The maximum atomic E-state index is 12.6. The fourth-order valence-corrected chi connectivity index (χ4v) is 6.21. The molecule has 0 spiro atoms. The summed E-state index contributed by atoms with van der Waals surface area (Å²) in [6.45, 7) is 8.40. The number of halogens is 3. The molecule has 40 heavy (non-hydrogen) atoms. The van der Waals surface area contributed by atoms with Crippen molar-refractivity contribution in [3.05, 3.63) is 41.9 Å². The van der Waals surface area contributed by atoms with Crippen LogP contribution in [0.25, 0.3) is 11.3 Å². The fraction of sp³-hybridized carbons (Fsp3) is 0.645. The zero-order valence-electron chi connectivity index (χ0n) is 24.4. The Labute approximate surface area is 236 Å². The summed E-state index contributed by atoms with van der Waals surface area (Å²) in [6, 6.07) is 5.00. The number of amides is 2. The predicted molar refractivity (Wildman–Crippen MR) is 153 cm³/mol. The van der Waals surface area contributed by atoms with Crippen molar-refractivity contribution in [1.29, 1.82) is 0 Å². The number of primary amides is 2. The number of unbranched alkanes of at least 4 members (excludes halogenated alkanes) is 3. The number of aryl methyl sites for hydroxylation is 1. The van der Waals surface area contributed by atoms with Crippen LogP contribution in [-0.4, -0.2) is 21.8 Å². The van der Waals surface area contributed by atoms with E-state index < -0.39 is 11.7 Å². The number of hydrogen-bond acceptors (Lipinski definition) is 3. The number of carbonyl (C=O) groups is 2. The van der Waals surface area contributed by atoms with E-state index in [4.69, 9.17) is 11.5 Å². The van der Waals surface area contributed by atoms with E-state index in [1.165, 1.54) is 31.4 Å². The minimum Gasteiger partial charge on any atom is -0.370 e. The smallest absolute Gasteiger partial charge is 0.370 e. The van der Waals surface area contributed by atoms with Gasteiger partial charge in [0.05, 0.1) is 17.5 Å². The Morgan fingerprint density at radius 2 is 1.55 bits per heavy atom. The van der Waals surface area contributed by atoms with Crippen LogP contribution < -0.4 is 11.5 Å². The number of nitrogens with one attached hydrogen (secondary N) is 1. The number of nitrogens with two attached hydrogens (primary N) is 2. The van der Waals surface area contributed by atoms with Crippen LogP contribution in [0.15, 0.2) is 30.5 Å². The Morgan fingerprint density at radius 3 is 2.08 bits per heavy atom. The van der Waals surface area contributed by atoms with Crippen molar-refractivity contribution in [3.8, 4) is 11.3 Å². The Morgan fingerprint density at radius 1 is 0.975 bits per heavy atom. The van der Waals surface area contributed by atoms with E-state index in [-0.39, 0.29) is 17.2 Å². The molecule has 1 aromatic heterocycles. The van der Waals surface area contributed by atoms with Gasteiger partial charge in [0.2, 0.25) is 11.8 Å². The minimum absolute atomic E-state index is 0.0817. The summed E-state index contributed by atoms with van der Waals surface area (Å²) in [7, 11) is 0. The first-order valence-electron chi connectivity index (χ1n) is 14.7. The molecule has 0 radical (unpaired) electrons. The predicted octanol–water partition coefficient (Wildman–Crippen LogP) is 7.42. The van der Waals surface area contributed by atoms with Crippen LogP contribution in [0.2, 0.25) is 0 Å². The highest BCUT2D eigenvalue weighted by molar-refractivity contribution is 5.80. The number of imidazole rings is 1. The molecule has 2 aromatic rings. The van der Waals surface area contributed by atoms with Crippen molar-refractivity contribution < 1.29 is 22.8 Å². The van der Waals surface area contributed by atoms with Crippen molar-refractivity contribution in [2.24, 2.45) is 34.6 Å². The summed E-state index contributed by atoms with van der Waals surface area (Å²) < 4.78 is 37.7. The van der Waals surface area contributed by atoms with Gasteiger partial charge in [-0.2, -0.15) is 13.2 Å². The summed E-state index contributed by atoms with van der Waals surface area (Å²) in [5.74, 6) is 2.82. The van der Waals surface area contributed by atoms with Crippen LogP contribution in [0.3, 0.4) is 0 Å². The molecule has 1 heterocycles. The van der Waals surface area contributed by atoms with Crippen LogP contribution in [0.4, 0.5) is 13.2 Å². The number of rotatable bonds is 9. The van der Waals surface area contributed by atoms with Crippen LogP contribution in [0.5, 0.6) is 0 Å². The second-order valence-corrected chi connectivity index (χ2v) is 11.6. The number of aromatic nitrogens is 2. The Balaban J connectivity index is 0.000000296. The summed E-state index contributed by atoms with van der Waals surface area (Å²) in [5.41, 5.74) is 11.1. The lowest BCUT2D eigenvalue weighted by Gasteiger charge is -2.45.